The first-order chi connectivity index (χ1) is 5.16. The molecule has 3 nitrogen and oxygen atoms in total. The zero-order valence-electron chi connectivity index (χ0n) is 7.09. The number of carbonyl (C=O) groups is 1. The summed E-state index contributed by atoms with van der Waals surface area (Å²) < 4.78 is 1.81. The largest absolute Gasteiger partial charge is 0.329 e. The molecule has 0 bridgehead atoms. The highest BCUT2D eigenvalue weighted by molar-refractivity contribution is 5.94. The van der Waals surface area contributed by atoms with E-state index >= 15 is 0 Å². The molecule has 1 heterocycles. The summed E-state index contributed by atoms with van der Waals surface area (Å²) in [6.45, 7) is 3.73. The lowest BCUT2D eigenvalue weighted by atomic mass is 10.2. The molecule has 0 atom stereocenters. The third kappa shape index (κ3) is 1.31. The van der Waals surface area contributed by atoms with E-state index in [1.807, 2.05) is 25.5 Å². The molecule has 0 saturated heterocycles. The summed E-state index contributed by atoms with van der Waals surface area (Å²) in [7, 11) is 1.85. The summed E-state index contributed by atoms with van der Waals surface area (Å²) in [5.74, 6) is 1.02. The Labute approximate surface area is 66.1 Å². The van der Waals surface area contributed by atoms with Crippen molar-refractivity contribution in [2.24, 2.45) is 7.05 Å². The molecule has 0 saturated carbocycles. The van der Waals surface area contributed by atoms with Gasteiger partial charge in [0.15, 0.2) is 5.78 Å². The van der Waals surface area contributed by atoms with Crippen LogP contribution in [0, 0.1) is 6.92 Å². The van der Waals surface area contributed by atoms with Gasteiger partial charge in [-0.3, -0.25) is 4.79 Å². The Morgan fingerprint density at radius 2 is 2.36 bits per heavy atom. The molecule has 0 aliphatic carbocycles. The molecule has 1 aromatic rings. The van der Waals surface area contributed by atoms with E-state index < -0.39 is 0 Å². The lowest BCUT2D eigenvalue weighted by Crippen LogP contribution is -2.04. The molecule has 0 fully saturated rings. The summed E-state index contributed by atoms with van der Waals surface area (Å²) in [4.78, 5) is 15.2. The first kappa shape index (κ1) is 7.98. The minimum atomic E-state index is 0.146. The average molecular weight is 152 g/mol. The number of imidazole rings is 1. The predicted octanol–water partition coefficient (Wildman–Crippen LogP) is 1.32. The number of hydrogen-bond donors (Lipinski definition) is 0. The molecule has 0 amide bonds. The van der Waals surface area contributed by atoms with E-state index in [0.29, 0.717) is 12.1 Å². The van der Waals surface area contributed by atoms with Crippen LogP contribution in [0.1, 0.15) is 29.7 Å². The maximum absolute atomic E-state index is 11.2. The van der Waals surface area contributed by atoms with Crippen LogP contribution in [0.4, 0.5) is 0 Å². The van der Waals surface area contributed by atoms with Gasteiger partial charge < -0.3 is 4.57 Å². The van der Waals surface area contributed by atoms with Crippen molar-refractivity contribution in [3.05, 3.63) is 17.7 Å². The van der Waals surface area contributed by atoms with E-state index in [4.69, 9.17) is 0 Å². The lowest BCUT2D eigenvalue weighted by molar-refractivity contribution is 0.0980. The van der Waals surface area contributed by atoms with E-state index in [2.05, 4.69) is 4.98 Å². The summed E-state index contributed by atoms with van der Waals surface area (Å²) in [5.41, 5.74) is 0.699. The maximum Gasteiger partial charge on any atom is 0.180 e. The van der Waals surface area contributed by atoms with Gasteiger partial charge >= 0.3 is 0 Å². The van der Waals surface area contributed by atoms with Gasteiger partial charge in [0.25, 0.3) is 0 Å². The van der Waals surface area contributed by atoms with Gasteiger partial charge in [0.1, 0.15) is 11.5 Å². The fourth-order valence-electron chi connectivity index (χ4n) is 0.942. The topological polar surface area (TPSA) is 34.9 Å². The molecule has 11 heavy (non-hydrogen) atoms. The fraction of sp³-hybridized carbons (Fsp3) is 0.500. The zero-order chi connectivity index (χ0) is 8.43. The van der Waals surface area contributed by atoms with Crippen molar-refractivity contribution in [1.29, 1.82) is 0 Å². The van der Waals surface area contributed by atoms with Crippen molar-refractivity contribution in [1.82, 2.24) is 9.55 Å². The highest BCUT2D eigenvalue weighted by Crippen LogP contribution is 2.04. The number of rotatable bonds is 2. The van der Waals surface area contributed by atoms with Gasteiger partial charge in [0, 0.05) is 13.5 Å². The molecule has 1 rings (SSSR count). The Balaban J connectivity index is 3.04. The average Bonchev–Trinajstić information content (AvgIpc) is 2.32. The second kappa shape index (κ2) is 2.86. The Morgan fingerprint density at radius 1 is 1.73 bits per heavy atom. The monoisotopic (exact) mass is 152 g/mol. The summed E-state index contributed by atoms with van der Waals surface area (Å²) in [6.07, 6.45) is 2.17. The van der Waals surface area contributed by atoms with Crippen molar-refractivity contribution in [2.75, 3.05) is 0 Å². The molecule has 0 unspecified atom stereocenters. The van der Waals surface area contributed by atoms with Gasteiger partial charge in [0.2, 0.25) is 0 Å². The minimum Gasteiger partial charge on any atom is -0.329 e. The molecule has 0 aliphatic rings. The van der Waals surface area contributed by atoms with Crippen LogP contribution in [0.3, 0.4) is 0 Å². The molecule has 0 aromatic carbocycles. The van der Waals surface area contributed by atoms with Crippen LogP contribution in [0.25, 0.3) is 0 Å². The molecule has 0 spiro atoms. The minimum absolute atomic E-state index is 0.146. The third-order valence-electron chi connectivity index (χ3n) is 1.83. The first-order valence-corrected chi connectivity index (χ1v) is 3.68. The Bertz CT molecular complexity index is 276. The van der Waals surface area contributed by atoms with Gasteiger partial charge in [-0.25, -0.2) is 4.98 Å². The van der Waals surface area contributed by atoms with Crippen molar-refractivity contribution in [3.63, 3.8) is 0 Å². The number of nitrogens with zero attached hydrogens (tertiary/aromatic N) is 2. The quantitative estimate of drug-likeness (QED) is 0.599. The molecule has 0 N–H and O–H groups in total. The SMILES string of the molecule is CCC(=O)c1cnc(C)n1C. The highest BCUT2D eigenvalue weighted by Gasteiger charge is 2.08. The number of Topliss-reactive ketones (excluding diaryl/α,β-unsaturated/α-hetero) is 1. The van der Waals surface area contributed by atoms with E-state index in [1.165, 1.54) is 0 Å². The van der Waals surface area contributed by atoms with Crippen LogP contribution >= 0.6 is 0 Å². The molecule has 0 aliphatic heterocycles. The number of aryl methyl sites for hydroxylation is 1. The van der Waals surface area contributed by atoms with E-state index in [1.54, 1.807) is 6.20 Å². The van der Waals surface area contributed by atoms with Crippen molar-refractivity contribution >= 4 is 5.78 Å². The van der Waals surface area contributed by atoms with E-state index in [0.717, 1.165) is 5.82 Å². The maximum atomic E-state index is 11.2. The summed E-state index contributed by atoms with van der Waals surface area (Å²) >= 11 is 0. The molecular weight excluding hydrogens is 140 g/mol. The van der Waals surface area contributed by atoms with Gasteiger partial charge in [-0.1, -0.05) is 6.92 Å². The Hall–Kier alpha value is -1.12. The predicted molar refractivity (Wildman–Crippen MR) is 42.6 cm³/mol. The normalized spacial score (nSPS) is 10.1. The number of ketones is 1. The van der Waals surface area contributed by atoms with Gasteiger partial charge in [-0.05, 0) is 6.92 Å². The second-order valence-corrected chi connectivity index (χ2v) is 2.53. The van der Waals surface area contributed by atoms with Crippen molar-refractivity contribution in [3.8, 4) is 0 Å². The first-order valence-electron chi connectivity index (χ1n) is 3.68. The second-order valence-electron chi connectivity index (χ2n) is 2.53. The molecular formula is C8H12N2O. The molecule has 60 valence electrons. The van der Waals surface area contributed by atoms with Crippen LogP contribution in [-0.4, -0.2) is 15.3 Å². The van der Waals surface area contributed by atoms with Crippen LogP contribution in [-0.2, 0) is 7.05 Å². The molecule has 1 aromatic heterocycles. The zero-order valence-corrected chi connectivity index (χ0v) is 7.09. The lowest BCUT2D eigenvalue weighted by Gasteiger charge is -1.99. The number of hydrogen-bond acceptors (Lipinski definition) is 2. The molecule has 3 heteroatoms. The molecule has 0 radical (unpaired) electrons. The third-order valence-corrected chi connectivity index (χ3v) is 1.83. The van der Waals surface area contributed by atoms with Crippen molar-refractivity contribution < 1.29 is 4.79 Å². The Kier molecular flexibility index (Phi) is 2.08. The standard InChI is InChI=1S/C8H12N2O/c1-4-8(11)7-5-9-6(2)10(7)3/h5H,4H2,1-3H3. The number of aromatic nitrogens is 2. The summed E-state index contributed by atoms with van der Waals surface area (Å²) in [5, 5.41) is 0. The highest BCUT2D eigenvalue weighted by atomic mass is 16.1. The smallest absolute Gasteiger partial charge is 0.180 e. The van der Waals surface area contributed by atoms with Crippen LogP contribution < -0.4 is 0 Å². The van der Waals surface area contributed by atoms with E-state index in [9.17, 15) is 4.79 Å². The number of carbonyl (C=O) groups excluding carboxylic acids is 1. The van der Waals surface area contributed by atoms with Crippen molar-refractivity contribution in [2.45, 2.75) is 20.3 Å². The van der Waals surface area contributed by atoms with Crippen LogP contribution in [0.15, 0.2) is 6.20 Å². The van der Waals surface area contributed by atoms with Crippen LogP contribution in [0.2, 0.25) is 0 Å². The Morgan fingerprint density at radius 3 is 2.73 bits per heavy atom. The van der Waals surface area contributed by atoms with Crippen LogP contribution in [0.5, 0.6) is 0 Å². The van der Waals surface area contributed by atoms with E-state index in [-0.39, 0.29) is 5.78 Å². The fourth-order valence-corrected chi connectivity index (χ4v) is 0.942. The van der Waals surface area contributed by atoms with Gasteiger partial charge in [-0.2, -0.15) is 0 Å². The van der Waals surface area contributed by atoms with Gasteiger partial charge in [-0.15, -0.1) is 0 Å². The summed E-state index contributed by atoms with van der Waals surface area (Å²) in [6, 6.07) is 0. The van der Waals surface area contributed by atoms with Gasteiger partial charge in [0.05, 0.1) is 6.20 Å².